The molecule has 3 aromatic rings. The van der Waals surface area contributed by atoms with E-state index in [-0.39, 0.29) is 18.1 Å². The van der Waals surface area contributed by atoms with Crippen molar-refractivity contribution < 1.29 is 23.9 Å². The van der Waals surface area contributed by atoms with Crippen molar-refractivity contribution in [3.05, 3.63) is 92.9 Å². The third-order valence-corrected chi connectivity index (χ3v) is 5.55. The summed E-state index contributed by atoms with van der Waals surface area (Å²) < 4.78 is 10.7. The number of nitrogens with one attached hydrogen (secondary N) is 2. The van der Waals surface area contributed by atoms with Gasteiger partial charge in [0.2, 0.25) is 0 Å². The van der Waals surface area contributed by atoms with Gasteiger partial charge in [0, 0.05) is 16.4 Å². The van der Waals surface area contributed by atoms with Crippen molar-refractivity contribution in [1.82, 2.24) is 0 Å². The van der Waals surface area contributed by atoms with Crippen LogP contribution in [0.25, 0.3) is 6.08 Å². The van der Waals surface area contributed by atoms with Crippen molar-refractivity contribution >= 4 is 62.8 Å². The molecule has 0 saturated carbocycles. The first-order valence-electron chi connectivity index (χ1n) is 10.4. The van der Waals surface area contributed by atoms with Crippen LogP contribution in [0.2, 0.25) is 5.02 Å². The van der Waals surface area contributed by atoms with Crippen molar-refractivity contribution in [2.24, 2.45) is 0 Å². The molecule has 3 rings (SSSR count). The summed E-state index contributed by atoms with van der Waals surface area (Å²) in [6.45, 7) is -0.225. The maximum atomic E-state index is 12.5. The van der Waals surface area contributed by atoms with Gasteiger partial charge in [0.1, 0.15) is 17.4 Å². The third kappa shape index (κ3) is 7.43. The minimum atomic E-state index is -0.612. The molecule has 0 fully saturated rings. The molecule has 10 heteroatoms. The largest absolute Gasteiger partial charge is 0.483 e. The Hall–Kier alpha value is -4.13. The predicted molar refractivity (Wildman–Crippen MR) is 140 cm³/mol. The Morgan fingerprint density at radius 2 is 1.64 bits per heavy atom. The summed E-state index contributed by atoms with van der Waals surface area (Å²) in [5.74, 6) is -1.05. The standard InChI is InChI=1S/C26H19BrClN3O5/c1-35-26(34)17-3-7-21(8-4-17)31-25(33)18(14-29)12-16-2-11-23(22(27)13-16)36-15-24(32)30-20-9-5-19(28)6-10-20/h2-13H,15H2,1H3,(H,30,32)(H,31,33)/b18-12+. The summed E-state index contributed by atoms with van der Waals surface area (Å²) in [7, 11) is 1.28. The Morgan fingerprint density at radius 3 is 2.25 bits per heavy atom. The van der Waals surface area contributed by atoms with E-state index in [2.05, 4.69) is 31.3 Å². The molecular formula is C26H19BrClN3O5. The monoisotopic (exact) mass is 567 g/mol. The number of nitrogens with zero attached hydrogens (tertiary/aromatic N) is 1. The van der Waals surface area contributed by atoms with Gasteiger partial charge in [-0.3, -0.25) is 9.59 Å². The first-order valence-corrected chi connectivity index (χ1v) is 11.6. The Labute approximate surface area is 220 Å². The number of benzene rings is 3. The first kappa shape index (κ1) is 26.5. The lowest BCUT2D eigenvalue weighted by atomic mass is 10.1. The van der Waals surface area contributed by atoms with Gasteiger partial charge in [0.05, 0.1) is 17.1 Å². The van der Waals surface area contributed by atoms with Gasteiger partial charge in [-0.05, 0) is 88.2 Å². The lowest BCUT2D eigenvalue weighted by Crippen LogP contribution is -2.20. The lowest BCUT2D eigenvalue weighted by Gasteiger charge is -2.10. The second kappa shape index (κ2) is 12.5. The number of ether oxygens (including phenoxy) is 2. The normalized spacial score (nSPS) is 10.7. The summed E-state index contributed by atoms with van der Waals surface area (Å²) in [4.78, 5) is 36.2. The van der Waals surface area contributed by atoms with E-state index in [0.29, 0.717) is 37.7 Å². The maximum Gasteiger partial charge on any atom is 0.337 e. The molecular weight excluding hydrogens is 550 g/mol. The van der Waals surface area contributed by atoms with E-state index in [1.165, 1.54) is 37.5 Å². The zero-order chi connectivity index (χ0) is 26.1. The molecule has 0 saturated heterocycles. The van der Waals surface area contributed by atoms with Gasteiger partial charge in [-0.2, -0.15) is 5.26 Å². The quantitative estimate of drug-likeness (QED) is 0.212. The fourth-order valence-electron chi connectivity index (χ4n) is 2.92. The molecule has 0 bridgehead atoms. The molecule has 182 valence electrons. The number of amides is 2. The SMILES string of the molecule is COC(=O)c1ccc(NC(=O)/C(C#N)=C/c2ccc(OCC(=O)Nc3ccc(Cl)cc3)c(Br)c2)cc1. The number of nitriles is 1. The maximum absolute atomic E-state index is 12.5. The Balaban J connectivity index is 1.61. The number of rotatable bonds is 8. The highest BCUT2D eigenvalue weighted by molar-refractivity contribution is 9.10. The van der Waals surface area contributed by atoms with Crippen LogP contribution in [0.3, 0.4) is 0 Å². The summed E-state index contributed by atoms with van der Waals surface area (Å²) in [5.41, 5.74) is 1.77. The summed E-state index contributed by atoms with van der Waals surface area (Å²) in [6.07, 6.45) is 1.42. The average Bonchev–Trinajstić information content (AvgIpc) is 2.88. The Morgan fingerprint density at radius 1 is 1.00 bits per heavy atom. The van der Waals surface area contributed by atoms with E-state index in [1.807, 2.05) is 6.07 Å². The van der Waals surface area contributed by atoms with Crippen LogP contribution in [0, 0.1) is 11.3 Å². The summed E-state index contributed by atoms with van der Waals surface area (Å²) in [6, 6.07) is 19.5. The van der Waals surface area contributed by atoms with Crippen molar-refractivity contribution in [3.63, 3.8) is 0 Å². The van der Waals surface area contributed by atoms with Crippen molar-refractivity contribution in [2.75, 3.05) is 24.4 Å². The molecule has 0 aliphatic carbocycles. The van der Waals surface area contributed by atoms with E-state index in [1.54, 1.807) is 42.5 Å². The van der Waals surface area contributed by atoms with Crippen molar-refractivity contribution in [2.45, 2.75) is 0 Å². The van der Waals surface area contributed by atoms with E-state index in [4.69, 9.17) is 16.3 Å². The van der Waals surface area contributed by atoms with Gasteiger partial charge in [-0.15, -0.1) is 0 Å². The van der Waals surface area contributed by atoms with Gasteiger partial charge in [0.15, 0.2) is 6.61 Å². The number of hydrogen-bond acceptors (Lipinski definition) is 6. The van der Waals surface area contributed by atoms with Gasteiger partial charge >= 0.3 is 5.97 Å². The molecule has 0 aliphatic heterocycles. The molecule has 0 radical (unpaired) electrons. The highest BCUT2D eigenvalue weighted by Crippen LogP contribution is 2.27. The van der Waals surface area contributed by atoms with Crippen LogP contribution in [0.1, 0.15) is 15.9 Å². The molecule has 0 atom stereocenters. The zero-order valence-corrected chi connectivity index (χ0v) is 21.2. The first-order chi connectivity index (χ1) is 17.3. The van der Waals surface area contributed by atoms with Crippen LogP contribution in [0.4, 0.5) is 11.4 Å². The second-order valence-corrected chi connectivity index (χ2v) is 8.52. The molecule has 0 heterocycles. The molecule has 0 aromatic heterocycles. The van der Waals surface area contributed by atoms with Gasteiger partial charge < -0.3 is 20.1 Å². The van der Waals surface area contributed by atoms with Gasteiger partial charge in [-0.25, -0.2) is 4.79 Å². The molecule has 36 heavy (non-hydrogen) atoms. The number of esters is 1. The number of carbonyl (C=O) groups excluding carboxylic acids is 3. The lowest BCUT2D eigenvalue weighted by molar-refractivity contribution is -0.118. The number of hydrogen-bond donors (Lipinski definition) is 2. The van der Waals surface area contributed by atoms with Gasteiger partial charge in [0.25, 0.3) is 11.8 Å². The zero-order valence-electron chi connectivity index (χ0n) is 18.9. The van der Waals surface area contributed by atoms with Crippen LogP contribution in [-0.4, -0.2) is 31.5 Å². The molecule has 0 unspecified atom stereocenters. The van der Waals surface area contributed by atoms with Crippen LogP contribution in [0.5, 0.6) is 5.75 Å². The molecule has 8 nitrogen and oxygen atoms in total. The smallest absolute Gasteiger partial charge is 0.337 e. The fraction of sp³-hybridized carbons (Fsp3) is 0.0769. The van der Waals surface area contributed by atoms with Crippen LogP contribution in [-0.2, 0) is 14.3 Å². The van der Waals surface area contributed by atoms with Crippen LogP contribution < -0.4 is 15.4 Å². The fourth-order valence-corrected chi connectivity index (χ4v) is 3.56. The van der Waals surface area contributed by atoms with E-state index >= 15 is 0 Å². The van der Waals surface area contributed by atoms with E-state index in [9.17, 15) is 19.6 Å². The molecule has 0 aliphatic rings. The number of halogens is 2. The Kier molecular flexibility index (Phi) is 9.22. The third-order valence-electron chi connectivity index (χ3n) is 4.68. The molecule has 3 aromatic carbocycles. The van der Waals surface area contributed by atoms with E-state index < -0.39 is 11.9 Å². The number of methoxy groups -OCH3 is 1. The molecule has 0 spiro atoms. The second-order valence-electron chi connectivity index (χ2n) is 7.23. The minimum absolute atomic E-state index is 0.130. The highest BCUT2D eigenvalue weighted by Gasteiger charge is 2.12. The predicted octanol–water partition coefficient (Wildman–Crippen LogP) is 5.45. The summed E-state index contributed by atoms with van der Waals surface area (Å²) in [5, 5.41) is 15.3. The van der Waals surface area contributed by atoms with Crippen LogP contribution >= 0.6 is 27.5 Å². The number of anilines is 2. The van der Waals surface area contributed by atoms with Crippen LogP contribution in [0.15, 0.2) is 76.8 Å². The molecule has 2 amide bonds. The van der Waals surface area contributed by atoms with E-state index in [0.717, 1.165) is 0 Å². The van der Waals surface area contributed by atoms with Crippen molar-refractivity contribution in [3.8, 4) is 11.8 Å². The highest BCUT2D eigenvalue weighted by atomic mass is 79.9. The number of carbonyl (C=O) groups is 3. The minimum Gasteiger partial charge on any atom is -0.483 e. The summed E-state index contributed by atoms with van der Waals surface area (Å²) >= 11 is 9.21. The average molecular weight is 569 g/mol. The topological polar surface area (TPSA) is 118 Å². The Bertz CT molecular complexity index is 1350. The van der Waals surface area contributed by atoms with Gasteiger partial charge in [-0.1, -0.05) is 17.7 Å². The van der Waals surface area contributed by atoms with Crippen molar-refractivity contribution in [1.29, 1.82) is 5.26 Å². The molecule has 2 N–H and O–H groups in total.